The Morgan fingerprint density at radius 3 is 2.65 bits per heavy atom. The number of alkyl halides is 2. The second kappa shape index (κ2) is 5.70. The van der Waals surface area contributed by atoms with Crippen molar-refractivity contribution in [2.24, 2.45) is 0 Å². The molecule has 0 saturated heterocycles. The highest BCUT2D eigenvalue weighted by molar-refractivity contribution is 5.71. The molecule has 4 nitrogen and oxygen atoms in total. The molecule has 0 atom stereocenters. The van der Waals surface area contributed by atoms with Crippen LogP contribution in [0.2, 0.25) is 0 Å². The lowest BCUT2D eigenvalue weighted by Crippen LogP contribution is -2.07. The fourth-order valence-corrected chi connectivity index (χ4v) is 1.99. The van der Waals surface area contributed by atoms with Gasteiger partial charge in [0.05, 0.1) is 5.69 Å². The van der Waals surface area contributed by atoms with E-state index in [0.29, 0.717) is 11.3 Å². The number of aromatic nitrogens is 2. The Morgan fingerprint density at radius 2 is 2.05 bits per heavy atom. The zero-order chi connectivity index (χ0) is 14.7. The molecule has 0 unspecified atom stereocenters. The van der Waals surface area contributed by atoms with Gasteiger partial charge in [-0.2, -0.15) is 19.1 Å². The summed E-state index contributed by atoms with van der Waals surface area (Å²) < 4.78 is 30.9. The monoisotopic (exact) mass is 277 g/mol. The summed E-state index contributed by atoms with van der Waals surface area (Å²) in [5.74, 6) is -0.128. The molecule has 0 radical (unpaired) electrons. The Balaban J connectivity index is 2.57. The summed E-state index contributed by atoms with van der Waals surface area (Å²) in [6.45, 7) is 0.928. The Labute approximate surface area is 115 Å². The highest BCUT2D eigenvalue weighted by atomic mass is 19.3. The van der Waals surface area contributed by atoms with Crippen LogP contribution in [0.25, 0.3) is 11.3 Å². The molecule has 0 fully saturated rings. The third kappa shape index (κ3) is 2.62. The van der Waals surface area contributed by atoms with E-state index in [4.69, 9.17) is 0 Å². The smallest absolute Gasteiger partial charge is 0.387 e. The minimum atomic E-state index is -2.97. The van der Waals surface area contributed by atoms with E-state index in [9.17, 15) is 14.0 Å². The summed E-state index contributed by atoms with van der Waals surface area (Å²) >= 11 is 0. The Hall–Kier alpha value is -2.42. The van der Waals surface area contributed by atoms with Crippen LogP contribution in [0.15, 0.2) is 30.5 Å². The van der Waals surface area contributed by atoms with Crippen LogP contribution in [-0.4, -0.2) is 16.4 Å². The molecular formula is C14H13F2N3O. The molecule has 6 heteroatoms. The second-order valence-corrected chi connectivity index (χ2v) is 4.42. The van der Waals surface area contributed by atoms with Gasteiger partial charge in [-0.3, -0.25) is 4.68 Å². The van der Waals surface area contributed by atoms with E-state index >= 15 is 0 Å². The van der Waals surface area contributed by atoms with E-state index in [1.54, 1.807) is 29.1 Å². The van der Waals surface area contributed by atoms with Crippen molar-refractivity contribution in [3.63, 3.8) is 0 Å². The number of ether oxygens (including phenoxy) is 1. The molecule has 1 aromatic carbocycles. The van der Waals surface area contributed by atoms with Crippen LogP contribution >= 0.6 is 0 Å². The minimum absolute atomic E-state index is 0.0789. The van der Waals surface area contributed by atoms with Gasteiger partial charge >= 0.3 is 6.61 Å². The molecule has 0 saturated carbocycles. The van der Waals surface area contributed by atoms with Gasteiger partial charge in [-0.1, -0.05) is 12.1 Å². The Kier molecular flexibility index (Phi) is 3.99. The summed E-state index contributed by atoms with van der Waals surface area (Å²) in [7, 11) is 0. The van der Waals surface area contributed by atoms with Crippen LogP contribution in [0, 0.1) is 11.3 Å². The third-order valence-electron chi connectivity index (χ3n) is 2.79. The predicted molar refractivity (Wildman–Crippen MR) is 69.4 cm³/mol. The van der Waals surface area contributed by atoms with Crippen LogP contribution in [0.4, 0.5) is 8.78 Å². The fourth-order valence-electron chi connectivity index (χ4n) is 1.99. The van der Waals surface area contributed by atoms with Gasteiger partial charge in [0.1, 0.15) is 17.4 Å². The van der Waals surface area contributed by atoms with E-state index in [1.807, 2.05) is 19.9 Å². The third-order valence-corrected chi connectivity index (χ3v) is 2.79. The number of hydrogen-bond acceptors (Lipinski definition) is 3. The number of benzene rings is 1. The lowest BCUT2D eigenvalue weighted by atomic mass is 10.0. The van der Waals surface area contributed by atoms with Crippen molar-refractivity contribution in [3.8, 4) is 23.1 Å². The van der Waals surface area contributed by atoms with Crippen LogP contribution in [0.5, 0.6) is 5.75 Å². The van der Waals surface area contributed by atoms with E-state index in [-0.39, 0.29) is 17.4 Å². The largest absolute Gasteiger partial charge is 0.433 e. The maximum absolute atomic E-state index is 12.4. The van der Waals surface area contributed by atoms with Gasteiger partial charge in [0.25, 0.3) is 0 Å². The molecule has 0 bridgehead atoms. The summed E-state index contributed by atoms with van der Waals surface area (Å²) in [6.07, 6.45) is 1.61. The highest BCUT2D eigenvalue weighted by Crippen LogP contribution is 2.31. The van der Waals surface area contributed by atoms with Gasteiger partial charge in [-0.15, -0.1) is 0 Å². The normalized spacial score (nSPS) is 10.8. The maximum Gasteiger partial charge on any atom is 0.387 e. The quantitative estimate of drug-likeness (QED) is 0.857. The van der Waals surface area contributed by atoms with Crippen molar-refractivity contribution in [3.05, 3.63) is 36.0 Å². The molecule has 104 valence electrons. The zero-order valence-electron chi connectivity index (χ0n) is 11.0. The van der Waals surface area contributed by atoms with Crippen molar-refractivity contribution in [2.45, 2.75) is 26.5 Å². The molecule has 2 aromatic rings. The van der Waals surface area contributed by atoms with E-state index in [0.717, 1.165) is 0 Å². The summed E-state index contributed by atoms with van der Waals surface area (Å²) in [6, 6.07) is 8.37. The standard InChI is InChI=1S/C14H13F2N3O/c1-9(2)19-12(6-7-18-19)10-4-3-5-13(11(10)8-17)20-14(15)16/h3-7,9,14H,1-2H3. The minimum Gasteiger partial charge on any atom is -0.433 e. The van der Waals surface area contributed by atoms with Crippen molar-refractivity contribution in [1.82, 2.24) is 9.78 Å². The van der Waals surface area contributed by atoms with Gasteiger partial charge < -0.3 is 4.74 Å². The van der Waals surface area contributed by atoms with Crippen molar-refractivity contribution < 1.29 is 13.5 Å². The first kappa shape index (κ1) is 14.0. The van der Waals surface area contributed by atoms with E-state index in [2.05, 4.69) is 9.84 Å². The van der Waals surface area contributed by atoms with Gasteiger partial charge in [0.2, 0.25) is 0 Å². The van der Waals surface area contributed by atoms with Crippen LogP contribution < -0.4 is 4.74 Å². The van der Waals surface area contributed by atoms with Crippen molar-refractivity contribution >= 4 is 0 Å². The van der Waals surface area contributed by atoms with E-state index in [1.165, 1.54) is 6.07 Å². The Morgan fingerprint density at radius 1 is 1.30 bits per heavy atom. The van der Waals surface area contributed by atoms with Crippen molar-refractivity contribution in [1.29, 1.82) is 5.26 Å². The average Bonchev–Trinajstić information content (AvgIpc) is 2.86. The zero-order valence-corrected chi connectivity index (χ0v) is 11.0. The fraction of sp³-hybridized carbons (Fsp3) is 0.286. The molecule has 0 aliphatic carbocycles. The molecule has 1 heterocycles. The topological polar surface area (TPSA) is 50.8 Å². The lowest BCUT2D eigenvalue weighted by Gasteiger charge is -2.14. The second-order valence-electron chi connectivity index (χ2n) is 4.42. The first-order valence-electron chi connectivity index (χ1n) is 6.06. The summed E-state index contributed by atoms with van der Waals surface area (Å²) in [4.78, 5) is 0. The summed E-state index contributed by atoms with van der Waals surface area (Å²) in [5.41, 5.74) is 1.29. The lowest BCUT2D eigenvalue weighted by molar-refractivity contribution is -0.0500. The number of hydrogen-bond donors (Lipinski definition) is 0. The van der Waals surface area contributed by atoms with Gasteiger partial charge in [-0.05, 0) is 26.0 Å². The maximum atomic E-state index is 12.4. The molecule has 0 N–H and O–H groups in total. The molecule has 0 aliphatic heterocycles. The number of halogens is 2. The first-order chi connectivity index (χ1) is 9.54. The van der Waals surface area contributed by atoms with Crippen LogP contribution in [0.1, 0.15) is 25.5 Å². The number of rotatable bonds is 4. The predicted octanol–water partition coefficient (Wildman–Crippen LogP) is 3.60. The number of nitriles is 1. The average molecular weight is 277 g/mol. The molecule has 0 aliphatic rings. The van der Waals surface area contributed by atoms with Crippen LogP contribution in [-0.2, 0) is 0 Å². The molecule has 0 spiro atoms. The summed E-state index contributed by atoms with van der Waals surface area (Å²) in [5, 5.41) is 13.4. The van der Waals surface area contributed by atoms with Crippen molar-refractivity contribution in [2.75, 3.05) is 0 Å². The van der Waals surface area contributed by atoms with Crippen LogP contribution in [0.3, 0.4) is 0 Å². The van der Waals surface area contributed by atoms with Gasteiger partial charge in [-0.25, -0.2) is 0 Å². The molecule has 0 amide bonds. The van der Waals surface area contributed by atoms with Gasteiger partial charge in [0.15, 0.2) is 0 Å². The van der Waals surface area contributed by atoms with Gasteiger partial charge in [0, 0.05) is 17.8 Å². The molecular weight excluding hydrogens is 264 g/mol. The van der Waals surface area contributed by atoms with E-state index < -0.39 is 6.61 Å². The highest BCUT2D eigenvalue weighted by Gasteiger charge is 2.17. The Bertz CT molecular complexity index is 644. The molecule has 20 heavy (non-hydrogen) atoms. The number of nitrogens with zero attached hydrogens (tertiary/aromatic N) is 3. The first-order valence-corrected chi connectivity index (χ1v) is 6.06. The molecule has 1 aromatic heterocycles. The molecule has 2 rings (SSSR count). The SMILES string of the molecule is CC(C)n1nccc1-c1cccc(OC(F)F)c1C#N.